The van der Waals surface area contributed by atoms with Gasteiger partial charge in [0.15, 0.2) is 0 Å². The summed E-state index contributed by atoms with van der Waals surface area (Å²) in [6.07, 6.45) is 3.26. The predicted molar refractivity (Wildman–Crippen MR) is 69.2 cm³/mol. The first-order valence-electron chi connectivity index (χ1n) is 6.08. The van der Waals surface area contributed by atoms with Gasteiger partial charge in [-0.2, -0.15) is 5.10 Å². The lowest BCUT2D eigenvalue weighted by atomic mass is 10.3. The summed E-state index contributed by atoms with van der Waals surface area (Å²) in [7, 11) is 0. The van der Waals surface area contributed by atoms with Crippen molar-refractivity contribution in [1.82, 2.24) is 25.1 Å². The molecule has 2 rings (SSSR count). The van der Waals surface area contributed by atoms with E-state index in [1.165, 1.54) is 18.6 Å². The zero-order chi connectivity index (χ0) is 14.5. The molecule has 0 saturated carbocycles. The van der Waals surface area contributed by atoms with E-state index in [2.05, 4.69) is 20.5 Å². The van der Waals surface area contributed by atoms with Gasteiger partial charge in [-0.05, 0) is 6.92 Å². The Balaban J connectivity index is 1.99. The summed E-state index contributed by atoms with van der Waals surface area (Å²) < 4.78 is 1.54. The van der Waals surface area contributed by atoms with Gasteiger partial charge in [0.05, 0.1) is 11.1 Å². The Morgan fingerprint density at radius 2 is 2.40 bits per heavy atom. The van der Waals surface area contributed by atoms with Crippen molar-refractivity contribution in [2.45, 2.75) is 19.9 Å². The molecule has 0 aliphatic rings. The van der Waals surface area contributed by atoms with Crippen LogP contribution in [0.4, 0.5) is 5.69 Å². The molecule has 0 bridgehead atoms. The third-order valence-corrected chi connectivity index (χ3v) is 2.78. The van der Waals surface area contributed by atoms with Gasteiger partial charge in [-0.25, -0.2) is 4.98 Å². The van der Waals surface area contributed by atoms with Gasteiger partial charge in [-0.3, -0.25) is 20.0 Å². The molecule has 0 radical (unpaired) electrons. The Morgan fingerprint density at radius 1 is 1.60 bits per heavy atom. The largest absolute Gasteiger partial charge is 0.350 e. The topological polar surface area (TPSA) is 119 Å². The summed E-state index contributed by atoms with van der Waals surface area (Å²) in [6, 6.07) is 1.27. The molecule has 106 valence electrons. The zero-order valence-corrected chi connectivity index (χ0v) is 10.9. The lowest BCUT2D eigenvalue weighted by Gasteiger charge is -2.06. The maximum atomic E-state index is 12.0. The van der Waals surface area contributed by atoms with Gasteiger partial charge in [-0.1, -0.05) is 0 Å². The van der Waals surface area contributed by atoms with E-state index < -0.39 is 4.92 Å². The van der Waals surface area contributed by atoms with Crippen molar-refractivity contribution in [2.75, 3.05) is 6.54 Å². The highest BCUT2D eigenvalue weighted by molar-refractivity contribution is 5.93. The summed E-state index contributed by atoms with van der Waals surface area (Å²) in [5.74, 6) is 0.321. The first-order chi connectivity index (χ1) is 9.61. The average Bonchev–Trinajstić information content (AvgIpc) is 3.07. The molecule has 20 heavy (non-hydrogen) atoms. The summed E-state index contributed by atoms with van der Waals surface area (Å²) in [6.45, 7) is 2.67. The van der Waals surface area contributed by atoms with E-state index in [0.29, 0.717) is 25.3 Å². The highest BCUT2D eigenvalue weighted by atomic mass is 16.6. The number of aryl methyl sites for hydroxylation is 1. The predicted octanol–water partition coefficient (Wildman–Crippen LogP) is 0.507. The Morgan fingerprint density at radius 3 is 3.00 bits per heavy atom. The van der Waals surface area contributed by atoms with Crippen LogP contribution in [0.3, 0.4) is 0 Å². The van der Waals surface area contributed by atoms with Gasteiger partial charge in [0.2, 0.25) is 0 Å². The molecular weight excluding hydrogens is 264 g/mol. The van der Waals surface area contributed by atoms with Crippen LogP contribution in [-0.2, 0) is 13.0 Å². The van der Waals surface area contributed by atoms with Crippen LogP contribution in [0.15, 0.2) is 18.6 Å². The number of amides is 1. The van der Waals surface area contributed by atoms with Crippen molar-refractivity contribution in [3.05, 3.63) is 40.2 Å². The van der Waals surface area contributed by atoms with E-state index in [1.807, 2.05) is 6.92 Å². The van der Waals surface area contributed by atoms with Gasteiger partial charge < -0.3 is 9.88 Å². The summed E-state index contributed by atoms with van der Waals surface area (Å²) >= 11 is 0. The first kappa shape index (κ1) is 13.7. The number of carbonyl (C=O) groups excluding carboxylic acids is 1. The van der Waals surface area contributed by atoms with E-state index in [0.717, 1.165) is 0 Å². The molecule has 0 saturated heterocycles. The fraction of sp³-hybridized carbons (Fsp3) is 0.364. The number of hydrogen-bond acceptors (Lipinski definition) is 5. The quantitative estimate of drug-likeness (QED) is 0.589. The molecule has 0 fully saturated rings. The summed E-state index contributed by atoms with van der Waals surface area (Å²) in [4.78, 5) is 26.1. The maximum Gasteiger partial charge on any atom is 0.287 e. The van der Waals surface area contributed by atoms with Crippen molar-refractivity contribution in [2.24, 2.45) is 0 Å². The summed E-state index contributed by atoms with van der Waals surface area (Å²) in [5, 5.41) is 19.8. The number of carbonyl (C=O) groups is 1. The number of nitro groups is 1. The number of nitrogens with zero attached hydrogens (tertiary/aromatic N) is 4. The minimum atomic E-state index is -0.516. The second-order valence-electron chi connectivity index (χ2n) is 4.06. The van der Waals surface area contributed by atoms with E-state index >= 15 is 0 Å². The van der Waals surface area contributed by atoms with Crippen LogP contribution in [0.25, 0.3) is 0 Å². The monoisotopic (exact) mass is 278 g/mol. The number of aromatic nitrogens is 4. The molecule has 2 aromatic rings. The smallest absolute Gasteiger partial charge is 0.287 e. The van der Waals surface area contributed by atoms with Crippen LogP contribution in [0.1, 0.15) is 23.2 Å². The van der Waals surface area contributed by atoms with Crippen LogP contribution in [0.5, 0.6) is 0 Å². The van der Waals surface area contributed by atoms with Gasteiger partial charge in [0.25, 0.3) is 11.6 Å². The number of hydrogen-bond donors (Lipinski definition) is 2. The molecule has 0 unspecified atom stereocenters. The molecule has 2 heterocycles. The molecule has 2 N–H and O–H groups in total. The second-order valence-corrected chi connectivity index (χ2v) is 4.06. The van der Waals surface area contributed by atoms with Crippen molar-refractivity contribution in [1.29, 1.82) is 0 Å². The minimum Gasteiger partial charge on any atom is -0.350 e. The van der Waals surface area contributed by atoms with Crippen LogP contribution < -0.4 is 5.32 Å². The average molecular weight is 278 g/mol. The Hall–Kier alpha value is -2.71. The number of aromatic amines is 1. The van der Waals surface area contributed by atoms with Gasteiger partial charge in [0, 0.05) is 25.6 Å². The van der Waals surface area contributed by atoms with Crippen molar-refractivity contribution >= 4 is 11.6 Å². The van der Waals surface area contributed by atoms with Crippen molar-refractivity contribution in [3.63, 3.8) is 0 Å². The molecular formula is C11H14N6O3. The Labute approximate surface area is 114 Å². The maximum absolute atomic E-state index is 12.0. The Kier molecular flexibility index (Phi) is 4.08. The lowest BCUT2D eigenvalue weighted by molar-refractivity contribution is -0.384. The Bertz CT molecular complexity index is 604. The second kappa shape index (κ2) is 5.95. The fourth-order valence-electron chi connectivity index (χ4n) is 1.78. The van der Waals surface area contributed by atoms with Crippen LogP contribution >= 0.6 is 0 Å². The van der Waals surface area contributed by atoms with E-state index in [-0.39, 0.29) is 17.3 Å². The van der Waals surface area contributed by atoms with Gasteiger partial charge >= 0.3 is 0 Å². The molecule has 1 amide bonds. The molecule has 0 atom stereocenters. The first-order valence-corrected chi connectivity index (χ1v) is 6.08. The number of H-pyrrole nitrogens is 1. The van der Waals surface area contributed by atoms with Crippen LogP contribution in [0.2, 0.25) is 0 Å². The number of nitrogens with one attached hydrogen (secondary N) is 2. The molecule has 0 aliphatic carbocycles. The van der Waals surface area contributed by atoms with Crippen LogP contribution in [-0.4, -0.2) is 37.1 Å². The van der Waals surface area contributed by atoms with Gasteiger partial charge in [-0.15, -0.1) is 0 Å². The third kappa shape index (κ3) is 2.99. The molecule has 0 spiro atoms. The molecule has 2 aromatic heterocycles. The van der Waals surface area contributed by atoms with Crippen molar-refractivity contribution in [3.8, 4) is 0 Å². The molecule has 9 heteroatoms. The van der Waals surface area contributed by atoms with Crippen molar-refractivity contribution < 1.29 is 9.72 Å². The van der Waals surface area contributed by atoms with E-state index in [9.17, 15) is 14.9 Å². The zero-order valence-electron chi connectivity index (χ0n) is 10.9. The van der Waals surface area contributed by atoms with E-state index in [4.69, 9.17) is 0 Å². The van der Waals surface area contributed by atoms with Crippen LogP contribution in [0, 0.1) is 10.1 Å². The highest BCUT2D eigenvalue weighted by Crippen LogP contribution is 2.16. The fourth-order valence-corrected chi connectivity index (χ4v) is 1.78. The summed E-state index contributed by atoms with van der Waals surface area (Å²) in [5.41, 5.74) is 0.184. The SMILES string of the molecule is CCn1cc([N+](=O)[O-])cc1C(=O)NCCc1ncn[nH]1. The lowest BCUT2D eigenvalue weighted by Crippen LogP contribution is -2.27. The third-order valence-electron chi connectivity index (χ3n) is 2.78. The standard InChI is InChI=1S/C11H14N6O3/c1-2-16-6-8(17(19)20)5-9(16)11(18)12-4-3-10-13-7-14-15-10/h5-7H,2-4H2,1H3,(H,12,18)(H,13,14,15). The molecule has 0 aliphatic heterocycles. The molecule has 9 nitrogen and oxygen atoms in total. The highest BCUT2D eigenvalue weighted by Gasteiger charge is 2.18. The molecule has 0 aromatic carbocycles. The minimum absolute atomic E-state index is 0.0905. The van der Waals surface area contributed by atoms with E-state index in [1.54, 1.807) is 4.57 Å². The normalized spacial score (nSPS) is 10.4. The van der Waals surface area contributed by atoms with Gasteiger partial charge in [0.1, 0.15) is 17.8 Å². The number of rotatable bonds is 6.